The van der Waals surface area contributed by atoms with Crippen molar-refractivity contribution in [2.45, 2.75) is 32.9 Å². The summed E-state index contributed by atoms with van der Waals surface area (Å²) in [4.78, 5) is 27.1. The van der Waals surface area contributed by atoms with Crippen LogP contribution in [0.15, 0.2) is 0 Å². The zero-order valence-electron chi connectivity index (χ0n) is 12.3. The van der Waals surface area contributed by atoms with E-state index in [0.29, 0.717) is 19.6 Å². The third-order valence-corrected chi connectivity index (χ3v) is 2.89. The normalized spacial score (nSPS) is 16.9. The number of nitrogens with zero attached hydrogens (tertiary/aromatic N) is 2. The summed E-state index contributed by atoms with van der Waals surface area (Å²) in [5.74, 6) is 0.0262. The first-order chi connectivity index (χ1) is 8.40. The number of piperazine rings is 1. The second-order valence-electron chi connectivity index (χ2n) is 5.11. The van der Waals surface area contributed by atoms with E-state index >= 15 is 0 Å². The number of amides is 2. The Hall–Kier alpha value is -0.560. The van der Waals surface area contributed by atoms with E-state index < -0.39 is 6.04 Å². The average molecular weight is 329 g/mol. The Morgan fingerprint density at radius 2 is 1.60 bits per heavy atom. The molecule has 0 saturated carbocycles. The second-order valence-corrected chi connectivity index (χ2v) is 5.11. The molecule has 0 aromatic carbocycles. The highest BCUT2D eigenvalue weighted by molar-refractivity contribution is 5.85. The van der Waals surface area contributed by atoms with E-state index in [1.807, 2.05) is 13.8 Å². The van der Waals surface area contributed by atoms with Gasteiger partial charge in [-0.1, -0.05) is 0 Å². The van der Waals surface area contributed by atoms with Crippen molar-refractivity contribution in [1.82, 2.24) is 15.1 Å². The third kappa shape index (κ3) is 7.28. The van der Waals surface area contributed by atoms with Gasteiger partial charge in [-0.2, -0.15) is 0 Å². The van der Waals surface area contributed by atoms with E-state index in [4.69, 9.17) is 5.73 Å². The molecule has 6 nitrogen and oxygen atoms in total. The number of halogens is 2. The fraction of sp³-hybridized carbons (Fsp3) is 0.833. The first-order valence-corrected chi connectivity index (χ1v) is 6.46. The molecule has 0 radical (unpaired) electrons. The Morgan fingerprint density at radius 3 is 2.00 bits per heavy atom. The van der Waals surface area contributed by atoms with Gasteiger partial charge in [-0.15, -0.1) is 24.8 Å². The molecule has 1 heterocycles. The summed E-state index contributed by atoms with van der Waals surface area (Å²) in [6.07, 6.45) is 0. The van der Waals surface area contributed by atoms with Crippen molar-refractivity contribution in [2.75, 3.05) is 32.7 Å². The number of nitrogens with two attached hydrogens (primary N) is 1. The highest BCUT2D eigenvalue weighted by atomic mass is 35.5. The number of carbonyl (C=O) groups excluding carboxylic acids is 2. The van der Waals surface area contributed by atoms with Crippen LogP contribution in [0.25, 0.3) is 0 Å². The van der Waals surface area contributed by atoms with E-state index in [1.165, 1.54) is 0 Å². The molecule has 0 aromatic heterocycles. The van der Waals surface area contributed by atoms with Gasteiger partial charge in [-0.05, 0) is 20.8 Å². The SMILES string of the molecule is CC(C)NC(=O)CN1CCN(C(=O)[C@@H](C)N)CC1.Cl.Cl. The van der Waals surface area contributed by atoms with Gasteiger partial charge < -0.3 is 16.0 Å². The minimum absolute atomic E-state index is 0. The van der Waals surface area contributed by atoms with Crippen LogP contribution in [-0.2, 0) is 9.59 Å². The van der Waals surface area contributed by atoms with Crippen LogP contribution in [-0.4, -0.2) is 66.4 Å². The molecule has 0 bridgehead atoms. The molecule has 0 aliphatic carbocycles. The summed E-state index contributed by atoms with van der Waals surface area (Å²) < 4.78 is 0. The first-order valence-electron chi connectivity index (χ1n) is 6.46. The molecule has 120 valence electrons. The van der Waals surface area contributed by atoms with Crippen molar-refractivity contribution in [1.29, 1.82) is 0 Å². The maximum atomic E-state index is 11.7. The largest absolute Gasteiger partial charge is 0.353 e. The molecular weight excluding hydrogens is 303 g/mol. The first kappa shape index (κ1) is 21.7. The molecule has 0 unspecified atom stereocenters. The maximum absolute atomic E-state index is 11.7. The van der Waals surface area contributed by atoms with Crippen molar-refractivity contribution in [3.05, 3.63) is 0 Å². The number of nitrogens with one attached hydrogen (secondary N) is 1. The van der Waals surface area contributed by atoms with Crippen LogP contribution in [0.2, 0.25) is 0 Å². The number of hydrogen-bond acceptors (Lipinski definition) is 4. The lowest BCUT2D eigenvalue weighted by Crippen LogP contribution is -2.54. The number of rotatable bonds is 4. The van der Waals surface area contributed by atoms with Gasteiger partial charge in [0.1, 0.15) is 0 Å². The summed E-state index contributed by atoms with van der Waals surface area (Å²) in [7, 11) is 0. The third-order valence-electron chi connectivity index (χ3n) is 2.89. The van der Waals surface area contributed by atoms with E-state index in [2.05, 4.69) is 10.2 Å². The molecule has 3 N–H and O–H groups in total. The predicted molar refractivity (Wildman–Crippen MR) is 84.4 cm³/mol. The van der Waals surface area contributed by atoms with Crippen molar-refractivity contribution >= 4 is 36.6 Å². The summed E-state index contributed by atoms with van der Waals surface area (Å²) >= 11 is 0. The highest BCUT2D eigenvalue weighted by Crippen LogP contribution is 2.03. The lowest BCUT2D eigenvalue weighted by Gasteiger charge is -2.35. The molecule has 1 atom stereocenters. The molecule has 2 amide bonds. The van der Waals surface area contributed by atoms with Crippen LogP contribution >= 0.6 is 24.8 Å². The fourth-order valence-electron chi connectivity index (χ4n) is 1.99. The maximum Gasteiger partial charge on any atom is 0.239 e. The summed E-state index contributed by atoms with van der Waals surface area (Å²) in [6, 6.07) is -0.278. The topological polar surface area (TPSA) is 78.7 Å². The minimum atomic E-state index is -0.444. The molecule has 0 aromatic rings. The monoisotopic (exact) mass is 328 g/mol. The van der Waals surface area contributed by atoms with Crippen LogP contribution < -0.4 is 11.1 Å². The van der Waals surface area contributed by atoms with Gasteiger partial charge in [0.25, 0.3) is 0 Å². The zero-order chi connectivity index (χ0) is 13.7. The highest BCUT2D eigenvalue weighted by Gasteiger charge is 2.23. The van der Waals surface area contributed by atoms with Crippen LogP contribution in [0.4, 0.5) is 0 Å². The molecular formula is C12H26Cl2N4O2. The molecule has 8 heteroatoms. The summed E-state index contributed by atoms with van der Waals surface area (Å²) in [5, 5.41) is 2.86. The standard InChI is InChI=1S/C12H24N4O2.2ClH/c1-9(2)14-11(17)8-15-4-6-16(7-5-15)12(18)10(3)13;;/h9-10H,4-8,13H2,1-3H3,(H,14,17);2*1H/t10-;;/m1../s1. The zero-order valence-corrected chi connectivity index (χ0v) is 13.9. The Bertz CT molecular complexity index is 306. The van der Waals surface area contributed by atoms with Crippen molar-refractivity contribution in [3.8, 4) is 0 Å². The summed E-state index contributed by atoms with van der Waals surface area (Å²) in [6.45, 7) is 8.73. The van der Waals surface area contributed by atoms with Crippen LogP contribution in [0, 0.1) is 0 Å². The Balaban J connectivity index is 0. The number of hydrogen-bond donors (Lipinski definition) is 2. The smallest absolute Gasteiger partial charge is 0.239 e. The Labute approximate surface area is 133 Å². The van der Waals surface area contributed by atoms with Crippen LogP contribution in [0.3, 0.4) is 0 Å². The quantitative estimate of drug-likeness (QED) is 0.752. The van der Waals surface area contributed by atoms with Gasteiger partial charge in [-0.3, -0.25) is 14.5 Å². The molecule has 1 fully saturated rings. The van der Waals surface area contributed by atoms with Gasteiger partial charge in [0.05, 0.1) is 12.6 Å². The van der Waals surface area contributed by atoms with Gasteiger partial charge in [0, 0.05) is 32.2 Å². The molecule has 20 heavy (non-hydrogen) atoms. The van der Waals surface area contributed by atoms with Crippen LogP contribution in [0.5, 0.6) is 0 Å². The average Bonchev–Trinajstić information content (AvgIpc) is 2.27. The van der Waals surface area contributed by atoms with Gasteiger partial charge in [-0.25, -0.2) is 0 Å². The van der Waals surface area contributed by atoms with E-state index in [-0.39, 0.29) is 42.7 Å². The van der Waals surface area contributed by atoms with E-state index in [9.17, 15) is 9.59 Å². The molecule has 0 spiro atoms. The second kappa shape index (κ2) is 10.2. The van der Waals surface area contributed by atoms with Crippen LogP contribution in [0.1, 0.15) is 20.8 Å². The molecule has 1 aliphatic rings. The van der Waals surface area contributed by atoms with Gasteiger partial charge >= 0.3 is 0 Å². The predicted octanol–water partition coefficient (Wildman–Crippen LogP) is -0.154. The van der Waals surface area contributed by atoms with Crippen molar-refractivity contribution in [2.24, 2.45) is 5.73 Å². The molecule has 1 aliphatic heterocycles. The lowest BCUT2D eigenvalue weighted by molar-refractivity contribution is -0.134. The van der Waals surface area contributed by atoms with Crippen molar-refractivity contribution < 1.29 is 9.59 Å². The molecule has 1 rings (SSSR count). The lowest BCUT2D eigenvalue weighted by atomic mass is 10.2. The number of carbonyl (C=O) groups is 2. The van der Waals surface area contributed by atoms with Gasteiger partial charge in [0.2, 0.25) is 11.8 Å². The van der Waals surface area contributed by atoms with Crippen molar-refractivity contribution in [3.63, 3.8) is 0 Å². The minimum Gasteiger partial charge on any atom is -0.353 e. The fourth-order valence-corrected chi connectivity index (χ4v) is 1.99. The van der Waals surface area contributed by atoms with E-state index in [0.717, 1.165) is 13.1 Å². The molecule has 1 saturated heterocycles. The van der Waals surface area contributed by atoms with E-state index in [1.54, 1.807) is 11.8 Å². The van der Waals surface area contributed by atoms with Gasteiger partial charge in [0.15, 0.2) is 0 Å². The Kier molecular flexibility index (Phi) is 11.1. The summed E-state index contributed by atoms with van der Waals surface area (Å²) in [5.41, 5.74) is 5.57. The Morgan fingerprint density at radius 1 is 1.10 bits per heavy atom.